The molecule has 12 heavy (non-hydrogen) atoms. The third-order valence-electron chi connectivity index (χ3n) is 1.15. The van der Waals surface area contributed by atoms with E-state index in [9.17, 15) is 13.2 Å². The highest BCUT2D eigenvalue weighted by atomic mass is 32.2. The summed E-state index contributed by atoms with van der Waals surface area (Å²) in [7, 11) is -2.48. The normalized spacial score (nSPS) is 9.33. The van der Waals surface area contributed by atoms with E-state index in [1.54, 1.807) is 0 Å². The Morgan fingerprint density at radius 1 is 1.50 bits per heavy atom. The molecule has 0 aliphatic heterocycles. The van der Waals surface area contributed by atoms with E-state index in [4.69, 9.17) is 5.73 Å². The molecular formula is C6H5NO4S. The molecule has 1 aromatic rings. The number of nitrogens with two attached hydrogens (primary N) is 1. The summed E-state index contributed by atoms with van der Waals surface area (Å²) in [5.41, 5.74) is 5.00. The SMILES string of the molecule is NC(=O)c1ccoc(=S(=O)=O)c1. The Morgan fingerprint density at radius 2 is 2.17 bits per heavy atom. The maximum absolute atomic E-state index is 10.6. The predicted octanol–water partition coefficient (Wildman–Crippen LogP) is -0.210. The van der Waals surface area contributed by atoms with Gasteiger partial charge in [-0.05, 0) is 6.07 Å². The summed E-state index contributed by atoms with van der Waals surface area (Å²) in [6.07, 6.45) is 1.09. The molecule has 2 N–H and O–H groups in total. The molecule has 6 heteroatoms. The second-order valence-electron chi connectivity index (χ2n) is 1.94. The fourth-order valence-electron chi connectivity index (χ4n) is 0.624. The topological polar surface area (TPSA) is 90.4 Å². The van der Waals surface area contributed by atoms with Gasteiger partial charge in [0.25, 0.3) is 10.3 Å². The number of amides is 1. The molecule has 1 amide bonds. The molecule has 1 heterocycles. The average Bonchev–Trinajstić information content (AvgIpc) is 2.04. The van der Waals surface area contributed by atoms with Crippen LogP contribution in [-0.2, 0) is 10.3 Å². The molecule has 0 aliphatic rings. The summed E-state index contributed by atoms with van der Waals surface area (Å²) in [6.45, 7) is 0. The lowest BCUT2D eigenvalue weighted by molar-refractivity contribution is 0.0999. The minimum absolute atomic E-state index is 0.0976. The minimum Gasteiger partial charge on any atom is -0.449 e. The maximum atomic E-state index is 10.6. The van der Waals surface area contributed by atoms with Gasteiger partial charge in [-0.25, -0.2) is 0 Å². The molecule has 0 spiro atoms. The highest BCUT2D eigenvalue weighted by Crippen LogP contribution is 1.97. The minimum atomic E-state index is -2.48. The molecule has 0 aliphatic carbocycles. The van der Waals surface area contributed by atoms with E-state index >= 15 is 0 Å². The van der Waals surface area contributed by atoms with E-state index < -0.39 is 16.2 Å². The molecular weight excluding hydrogens is 182 g/mol. The number of carbonyl (C=O) groups is 1. The average molecular weight is 187 g/mol. The van der Waals surface area contributed by atoms with Gasteiger partial charge in [0.2, 0.25) is 10.6 Å². The molecule has 0 bridgehead atoms. The number of carbonyl (C=O) groups excluding carboxylic acids is 1. The summed E-state index contributed by atoms with van der Waals surface area (Å²) >= 11 is 0. The standard InChI is InChI=1S/C6H5NO4S/c7-6(8)4-1-2-11-5(3-4)12(9)10/h1-3H,(H2,7,8). The lowest BCUT2D eigenvalue weighted by Gasteiger charge is -1.89. The van der Waals surface area contributed by atoms with Gasteiger partial charge < -0.3 is 10.2 Å². The van der Waals surface area contributed by atoms with Gasteiger partial charge in [0.1, 0.15) is 0 Å². The molecule has 5 nitrogen and oxygen atoms in total. The van der Waals surface area contributed by atoms with Crippen LogP contribution in [0.4, 0.5) is 0 Å². The van der Waals surface area contributed by atoms with Crippen molar-refractivity contribution in [3.8, 4) is 0 Å². The van der Waals surface area contributed by atoms with Crippen molar-refractivity contribution in [1.29, 1.82) is 0 Å². The third kappa shape index (κ3) is 1.73. The van der Waals surface area contributed by atoms with Crippen molar-refractivity contribution in [2.75, 3.05) is 0 Å². The van der Waals surface area contributed by atoms with Gasteiger partial charge in [0, 0.05) is 11.6 Å². The van der Waals surface area contributed by atoms with E-state index in [0.717, 1.165) is 12.3 Å². The van der Waals surface area contributed by atoms with Crippen molar-refractivity contribution in [1.82, 2.24) is 0 Å². The molecule has 0 aromatic carbocycles. The van der Waals surface area contributed by atoms with Crippen LogP contribution in [-0.4, -0.2) is 14.3 Å². The Balaban J connectivity index is 3.53. The number of primary amides is 1. The van der Waals surface area contributed by atoms with Gasteiger partial charge in [-0.2, -0.15) is 8.42 Å². The summed E-state index contributed by atoms with van der Waals surface area (Å²) in [5, 5.41) is 0. The van der Waals surface area contributed by atoms with Gasteiger partial charge in [-0.15, -0.1) is 0 Å². The largest absolute Gasteiger partial charge is 0.449 e. The Morgan fingerprint density at radius 3 is 2.67 bits per heavy atom. The first-order chi connectivity index (χ1) is 5.61. The van der Waals surface area contributed by atoms with Crippen molar-refractivity contribution in [2.45, 2.75) is 0 Å². The number of rotatable bonds is 1. The van der Waals surface area contributed by atoms with Crippen LogP contribution in [0.5, 0.6) is 0 Å². The zero-order valence-corrected chi connectivity index (χ0v) is 6.67. The van der Waals surface area contributed by atoms with E-state index in [2.05, 4.69) is 4.42 Å². The molecule has 1 aromatic heterocycles. The van der Waals surface area contributed by atoms with Crippen LogP contribution >= 0.6 is 0 Å². The zero-order chi connectivity index (χ0) is 9.14. The fraction of sp³-hybridized carbons (Fsp3) is 0. The zero-order valence-electron chi connectivity index (χ0n) is 5.85. The van der Waals surface area contributed by atoms with E-state index in [0.29, 0.717) is 0 Å². The van der Waals surface area contributed by atoms with Crippen LogP contribution in [0.3, 0.4) is 0 Å². The van der Waals surface area contributed by atoms with Gasteiger partial charge in [-0.3, -0.25) is 4.79 Å². The van der Waals surface area contributed by atoms with E-state index in [-0.39, 0.29) is 10.3 Å². The monoisotopic (exact) mass is 187 g/mol. The smallest absolute Gasteiger partial charge is 0.257 e. The Kier molecular flexibility index (Phi) is 2.29. The van der Waals surface area contributed by atoms with Crippen LogP contribution in [0.25, 0.3) is 0 Å². The molecule has 0 fully saturated rings. The van der Waals surface area contributed by atoms with Crippen LogP contribution in [0.2, 0.25) is 0 Å². The molecule has 0 saturated carbocycles. The van der Waals surface area contributed by atoms with E-state index in [1.807, 2.05) is 0 Å². The predicted molar refractivity (Wildman–Crippen MR) is 39.4 cm³/mol. The number of hydrogen-bond acceptors (Lipinski definition) is 4. The summed E-state index contributed by atoms with van der Waals surface area (Å²) < 4.78 is 24.9. The first-order valence-electron chi connectivity index (χ1n) is 2.92. The summed E-state index contributed by atoms with van der Waals surface area (Å²) in [4.78, 5) is 10.6. The highest BCUT2D eigenvalue weighted by molar-refractivity contribution is 7.63. The Hall–Kier alpha value is -1.56. The van der Waals surface area contributed by atoms with Crippen molar-refractivity contribution in [2.24, 2.45) is 5.73 Å². The molecule has 0 saturated heterocycles. The Bertz CT molecular complexity index is 462. The second-order valence-corrected chi connectivity index (χ2v) is 2.81. The molecule has 1 rings (SSSR count). The third-order valence-corrected chi connectivity index (χ3v) is 1.70. The highest BCUT2D eigenvalue weighted by Gasteiger charge is 1.99. The van der Waals surface area contributed by atoms with Crippen LogP contribution < -0.4 is 5.73 Å². The quantitative estimate of drug-likeness (QED) is 0.616. The van der Waals surface area contributed by atoms with Crippen LogP contribution in [0.1, 0.15) is 10.4 Å². The summed E-state index contributed by atoms with van der Waals surface area (Å²) in [5.74, 6) is -0.697. The van der Waals surface area contributed by atoms with Crippen molar-refractivity contribution in [3.63, 3.8) is 0 Å². The number of hydrogen-bond donors (Lipinski definition) is 1. The van der Waals surface area contributed by atoms with Crippen LogP contribution in [0, 0.1) is 4.71 Å². The van der Waals surface area contributed by atoms with Crippen molar-refractivity contribution < 1.29 is 17.6 Å². The second kappa shape index (κ2) is 3.22. The Labute approximate surface area is 69.0 Å². The summed E-state index contributed by atoms with van der Waals surface area (Å²) in [6, 6.07) is 2.35. The molecule has 0 atom stereocenters. The van der Waals surface area contributed by atoms with Gasteiger partial charge in [0.05, 0.1) is 6.26 Å². The maximum Gasteiger partial charge on any atom is 0.257 e. The fourth-order valence-corrected chi connectivity index (χ4v) is 0.981. The first-order valence-corrected chi connectivity index (χ1v) is 3.99. The van der Waals surface area contributed by atoms with Crippen molar-refractivity contribution >= 4 is 16.2 Å². The van der Waals surface area contributed by atoms with Crippen LogP contribution in [0.15, 0.2) is 22.8 Å². The van der Waals surface area contributed by atoms with Gasteiger partial charge >= 0.3 is 0 Å². The first kappa shape index (κ1) is 8.54. The lowest BCUT2D eigenvalue weighted by Crippen LogP contribution is -2.10. The molecule has 0 radical (unpaired) electrons. The molecule has 64 valence electrons. The van der Waals surface area contributed by atoms with Gasteiger partial charge in [-0.1, -0.05) is 0 Å². The molecule has 0 unspecified atom stereocenters. The van der Waals surface area contributed by atoms with Crippen molar-refractivity contribution in [3.05, 3.63) is 28.7 Å². The van der Waals surface area contributed by atoms with Gasteiger partial charge in [0.15, 0.2) is 0 Å². The lowest BCUT2D eigenvalue weighted by atomic mass is 10.3. The van der Waals surface area contributed by atoms with E-state index in [1.165, 1.54) is 6.07 Å².